The van der Waals surface area contributed by atoms with Crippen molar-refractivity contribution in [2.24, 2.45) is 0 Å². The molecule has 0 aliphatic rings. The number of aliphatic hydroxyl groups excluding tert-OH is 2. The fourth-order valence-corrected chi connectivity index (χ4v) is 1.85. The van der Waals surface area contributed by atoms with Gasteiger partial charge in [0.25, 0.3) is 5.69 Å². The van der Waals surface area contributed by atoms with Crippen molar-refractivity contribution in [2.45, 2.75) is 31.7 Å². The van der Waals surface area contributed by atoms with Gasteiger partial charge in [0, 0.05) is 6.07 Å². The smallest absolute Gasteiger partial charge is 0.422 e. The van der Waals surface area contributed by atoms with E-state index < -0.39 is 46.9 Å². The van der Waals surface area contributed by atoms with Gasteiger partial charge in [0.2, 0.25) is 0 Å². The summed E-state index contributed by atoms with van der Waals surface area (Å²) in [7, 11) is 0. The molecule has 0 heterocycles. The van der Waals surface area contributed by atoms with Crippen molar-refractivity contribution in [3.63, 3.8) is 0 Å². The highest BCUT2D eigenvalue weighted by molar-refractivity contribution is 5.70. The van der Waals surface area contributed by atoms with Gasteiger partial charge in [-0.1, -0.05) is 6.07 Å². The number of ether oxygens (including phenoxy) is 1. The van der Waals surface area contributed by atoms with E-state index in [9.17, 15) is 38.3 Å². The summed E-state index contributed by atoms with van der Waals surface area (Å²) < 4.78 is 42.6. The second-order valence-electron chi connectivity index (χ2n) is 4.55. The molecule has 0 bridgehead atoms. The van der Waals surface area contributed by atoms with Gasteiger partial charge in [-0.25, -0.2) is 0 Å². The quantitative estimate of drug-likeness (QED) is 0.466. The topological polar surface area (TPSA) is 110 Å². The molecule has 2 unspecified atom stereocenters. The number of nitro groups is 1. The lowest BCUT2D eigenvalue weighted by Gasteiger charge is -2.18. The molecule has 0 radical (unpaired) electrons. The Labute approximate surface area is 128 Å². The molecule has 1 rings (SSSR count). The van der Waals surface area contributed by atoms with E-state index in [4.69, 9.17) is 0 Å². The Morgan fingerprint density at radius 1 is 1.39 bits per heavy atom. The Hall–Kier alpha value is -2.20. The highest BCUT2D eigenvalue weighted by Gasteiger charge is 2.39. The van der Waals surface area contributed by atoms with Crippen LogP contribution in [0.25, 0.3) is 0 Å². The van der Waals surface area contributed by atoms with Gasteiger partial charge in [-0.3, -0.25) is 14.9 Å². The van der Waals surface area contributed by atoms with Crippen molar-refractivity contribution >= 4 is 11.7 Å². The van der Waals surface area contributed by atoms with Crippen LogP contribution in [0.2, 0.25) is 0 Å². The number of nitrogens with zero attached hydrogens (tertiary/aromatic N) is 1. The zero-order valence-corrected chi connectivity index (χ0v) is 11.9. The summed E-state index contributed by atoms with van der Waals surface area (Å²) >= 11 is 0. The molecule has 0 amide bonds. The highest BCUT2D eigenvalue weighted by Crippen LogP contribution is 2.37. The van der Waals surface area contributed by atoms with Crippen molar-refractivity contribution in [1.29, 1.82) is 0 Å². The second kappa shape index (κ2) is 7.38. The van der Waals surface area contributed by atoms with E-state index in [1.165, 1.54) is 6.92 Å². The molecule has 2 atom stereocenters. The van der Waals surface area contributed by atoms with Crippen LogP contribution >= 0.6 is 0 Å². The molecule has 2 N–H and O–H groups in total. The first-order valence-electron chi connectivity index (χ1n) is 6.45. The Morgan fingerprint density at radius 3 is 2.48 bits per heavy atom. The minimum atomic E-state index is -4.94. The number of carbonyl (C=O) groups excluding carboxylic acids is 1. The normalized spacial score (nSPS) is 14.2. The van der Waals surface area contributed by atoms with Crippen LogP contribution in [0, 0.1) is 10.1 Å². The van der Waals surface area contributed by atoms with Gasteiger partial charge in [0.1, 0.15) is 11.7 Å². The summed E-state index contributed by atoms with van der Waals surface area (Å²) in [6, 6.07) is 1.75. The average molecular weight is 337 g/mol. The van der Waals surface area contributed by atoms with Crippen LogP contribution in [0.5, 0.6) is 0 Å². The second-order valence-corrected chi connectivity index (χ2v) is 4.55. The predicted octanol–water partition coefficient (Wildman–Crippen LogP) is 1.96. The van der Waals surface area contributed by atoms with Gasteiger partial charge >= 0.3 is 12.1 Å². The molecule has 0 saturated carbocycles. The summed E-state index contributed by atoms with van der Waals surface area (Å²) in [4.78, 5) is 20.7. The first kappa shape index (κ1) is 18.8. The highest BCUT2D eigenvalue weighted by atomic mass is 19.4. The number of aliphatic hydroxyl groups is 2. The number of benzene rings is 1. The molecule has 0 aliphatic carbocycles. The zero-order chi connectivity index (χ0) is 17.8. The maximum absolute atomic E-state index is 12.7. The number of carbonyl (C=O) groups is 1. The molecule has 10 heteroatoms. The lowest BCUT2D eigenvalue weighted by atomic mass is 9.99. The van der Waals surface area contributed by atoms with Crippen molar-refractivity contribution in [1.82, 2.24) is 0 Å². The molecule has 0 aliphatic heterocycles. The van der Waals surface area contributed by atoms with Crippen molar-refractivity contribution in [3.8, 4) is 0 Å². The van der Waals surface area contributed by atoms with E-state index in [0.717, 1.165) is 6.07 Å². The van der Waals surface area contributed by atoms with E-state index in [-0.39, 0.29) is 12.2 Å². The third kappa shape index (κ3) is 4.89. The first-order valence-corrected chi connectivity index (χ1v) is 6.45. The molecule has 23 heavy (non-hydrogen) atoms. The fourth-order valence-electron chi connectivity index (χ4n) is 1.85. The number of halogens is 3. The molecule has 1 aromatic rings. The lowest BCUT2D eigenvalue weighted by Crippen LogP contribution is -2.23. The minimum Gasteiger partial charge on any atom is -0.466 e. The number of hydrogen-bond acceptors (Lipinski definition) is 6. The molecule has 0 fully saturated rings. The van der Waals surface area contributed by atoms with Crippen LogP contribution in [0.4, 0.5) is 18.9 Å². The van der Waals surface area contributed by atoms with E-state index >= 15 is 0 Å². The monoisotopic (exact) mass is 337 g/mol. The maximum atomic E-state index is 12.7. The fraction of sp³-hybridized carbons (Fsp3) is 0.462. The number of rotatable bonds is 6. The Balaban J connectivity index is 3.07. The van der Waals surface area contributed by atoms with Crippen molar-refractivity contribution in [2.75, 3.05) is 6.61 Å². The molecule has 0 aromatic heterocycles. The Morgan fingerprint density at radius 2 is 2.00 bits per heavy atom. The van der Waals surface area contributed by atoms with Crippen LogP contribution in [0.3, 0.4) is 0 Å². The molecule has 7 nitrogen and oxygen atoms in total. The number of alkyl halides is 3. The van der Waals surface area contributed by atoms with Gasteiger partial charge in [0.05, 0.1) is 24.1 Å². The summed E-state index contributed by atoms with van der Waals surface area (Å²) in [5.41, 5.74) is -3.04. The summed E-state index contributed by atoms with van der Waals surface area (Å²) in [5.74, 6) is -0.819. The van der Waals surface area contributed by atoms with Gasteiger partial charge in [-0.05, 0) is 18.6 Å². The van der Waals surface area contributed by atoms with Crippen molar-refractivity contribution < 1.29 is 37.8 Å². The van der Waals surface area contributed by atoms with Crippen LogP contribution in [0.1, 0.15) is 30.6 Å². The number of esters is 1. The molecule has 0 spiro atoms. The number of nitro benzene ring substituents is 1. The molecule has 1 aromatic carbocycles. The largest absolute Gasteiger partial charge is 0.466 e. The molecule has 0 saturated heterocycles. The Kier molecular flexibility index (Phi) is 6.05. The SMILES string of the molecule is CCOC(=O)CC(O)C(O)c1ccc(C(F)(F)F)c([N+](=O)[O-])c1. The van der Waals surface area contributed by atoms with Crippen LogP contribution in [-0.2, 0) is 15.7 Å². The lowest BCUT2D eigenvalue weighted by molar-refractivity contribution is -0.388. The summed E-state index contributed by atoms with van der Waals surface area (Å²) in [6.45, 7) is 1.58. The van der Waals surface area contributed by atoms with Gasteiger partial charge in [-0.2, -0.15) is 13.2 Å². The third-order valence-electron chi connectivity index (χ3n) is 2.91. The van der Waals surface area contributed by atoms with E-state index in [0.29, 0.717) is 12.1 Å². The van der Waals surface area contributed by atoms with Crippen molar-refractivity contribution in [3.05, 3.63) is 39.4 Å². The Bertz CT molecular complexity index is 590. The van der Waals surface area contributed by atoms with Crippen LogP contribution in [0.15, 0.2) is 18.2 Å². The average Bonchev–Trinajstić information content (AvgIpc) is 2.44. The summed E-state index contributed by atoms with van der Waals surface area (Å²) in [6.07, 6.45) is -9.00. The third-order valence-corrected chi connectivity index (χ3v) is 2.91. The van der Waals surface area contributed by atoms with E-state index in [1.54, 1.807) is 0 Å². The zero-order valence-electron chi connectivity index (χ0n) is 11.9. The predicted molar refractivity (Wildman–Crippen MR) is 70.3 cm³/mol. The first-order chi connectivity index (χ1) is 10.6. The molecule has 128 valence electrons. The van der Waals surface area contributed by atoms with Crippen LogP contribution in [-0.4, -0.2) is 33.8 Å². The molecular formula is C13H14F3NO6. The van der Waals surface area contributed by atoms with Gasteiger partial charge in [-0.15, -0.1) is 0 Å². The van der Waals surface area contributed by atoms with Gasteiger partial charge in [0.15, 0.2) is 0 Å². The summed E-state index contributed by atoms with van der Waals surface area (Å²) in [5, 5.41) is 30.3. The molecular weight excluding hydrogens is 323 g/mol. The van der Waals surface area contributed by atoms with E-state index in [1.807, 2.05) is 0 Å². The van der Waals surface area contributed by atoms with Crippen LogP contribution < -0.4 is 0 Å². The standard InChI is InChI=1S/C13H14F3NO6/c1-2-23-11(19)6-10(18)12(20)7-3-4-8(13(14,15)16)9(5-7)17(21)22/h3-5,10,12,18,20H,2,6H2,1H3. The maximum Gasteiger partial charge on any atom is 0.422 e. The minimum absolute atomic E-state index is 0.0490. The van der Waals surface area contributed by atoms with E-state index in [2.05, 4.69) is 4.74 Å². The van der Waals surface area contributed by atoms with Gasteiger partial charge < -0.3 is 14.9 Å². The number of hydrogen-bond donors (Lipinski definition) is 2.